The molecule has 1 amide bonds. The number of carbonyl (C=O) groups excluding carboxylic acids is 1. The molecule has 2 aromatic heterocycles. The summed E-state index contributed by atoms with van der Waals surface area (Å²) in [5.41, 5.74) is 1.56. The lowest BCUT2D eigenvalue weighted by Crippen LogP contribution is -2.46. The maximum absolute atomic E-state index is 12.8. The third kappa shape index (κ3) is 5.79. The quantitative estimate of drug-likeness (QED) is 0.535. The Kier molecular flexibility index (Phi) is 7.22. The van der Waals surface area contributed by atoms with Crippen molar-refractivity contribution in [2.24, 2.45) is 5.92 Å². The predicted octanol–water partition coefficient (Wildman–Crippen LogP) is 3.49. The molecule has 0 radical (unpaired) electrons. The molecule has 0 bridgehead atoms. The van der Waals surface area contributed by atoms with Crippen LogP contribution >= 0.6 is 0 Å². The van der Waals surface area contributed by atoms with Crippen molar-refractivity contribution in [1.29, 1.82) is 0 Å². The topological polar surface area (TPSA) is 91.2 Å². The molecule has 8 heteroatoms. The molecule has 166 valence electrons. The van der Waals surface area contributed by atoms with Crippen LogP contribution in [0.2, 0.25) is 0 Å². The van der Waals surface area contributed by atoms with Crippen LogP contribution in [0.1, 0.15) is 45.4 Å². The first kappa shape index (κ1) is 22.7. The first-order valence-corrected chi connectivity index (χ1v) is 10.5. The second-order valence-electron chi connectivity index (χ2n) is 8.49. The highest BCUT2D eigenvalue weighted by molar-refractivity contribution is 5.88. The van der Waals surface area contributed by atoms with Gasteiger partial charge in [-0.3, -0.25) is 19.4 Å². The smallest absolute Gasteiger partial charge is 0.263 e. The fraction of sp³-hybridized carbons (Fsp3) is 0.478. The van der Waals surface area contributed by atoms with E-state index in [4.69, 9.17) is 14.6 Å². The Morgan fingerprint density at radius 2 is 2.06 bits per heavy atom. The summed E-state index contributed by atoms with van der Waals surface area (Å²) < 4.78 is 13.4. The van der Waals surface area contributed by atoms with Crippen LogP contribution in [0.5, 0.6) is 5.88 Å². The molecule has 0 spiro atoms. The Bertz CT molecular complexity index is 1010. The maximum Gasteiger partial charge on any atom is 0.263 e. The summed E-state index contributed by atoms with van der Waals surface area (Å²) in [6.45, 7) is 9.39. The monoisotopic (exact) mass is 425 g/mol. The molecular weight excluding hydrogens is 394 g/mol. The SMILES string of the molecule is COCc1ccc2c(c1)c(OC(C)(C)C(=O)NCc1cnccn1)nn2CCC(C)C. The Labute approximate surface area is 183 Å². The van der Waals surface area contributed by atoms with Crippen molar-refractivity contribution in [1.82, 2.24) is 25.1 Å². The predicted molar refractivity (Wildman–Crippen MR) is 118 cm³/mol. The number of fused-ring (bicyclic) bond motifs is 1. The number of benzene rings is 1. The molecule has 3 rings (SSSR count). The van der Waals surface area contributed by atoms with Crippen molar-refractivity contribution in [3.63, 3.8) is 0 Å². The second-order valence-corrected chi connectivity index (χ2v) is 8.49. The Hall–Kier alpha value is -3.00. The second kappa shape index (κ2) is 9.87. The van der Waals surface area contributed by atoms with E-state index < -0.39 is 5.60 Å². The van der Waals surface area contributed by atoms with Gasteiger partial charge >= 0.3 is 0 Å². The summed E-state index contributed by atoms with van der Waals surface area (Å²) in [7, 11) is 1.66. The molecule has 8 nitrogen and oxygen atoms in total. The first-order valence-electron chi connectivity index (χ1n) is 10.5. The lowest BCUT2D eigenvalue weighted by molar-refractivity contribution is -0.134. The molecule has 1 N–H and O–H groups in total. The number of ether oxygens (including phenoxy) is 2. The molecule has 0 atom stereocenters. The normalized spacial score (nSPS) is 11.8. The fourth-order valence-electron chi connectivity index (χ4n) is 3.17. The lowest BCUT2D eigenvalue weighted by Gasteiger charge is -2.24. The largest absolute Gasteiger partial charge is 0.460 e. The van der Waals surface area contributed by atoms with Crippen LogP contribution in [0.25, 0.3) is 10.9 Å². The highest BCUT2D eigenvalue weighted by Crippen LogP contribution is 2.30. The molecule has 2 heterocycles. The van der Waals surface area contributed by atoms with E-state index in [0.29, 0.717) is 24.1 Å². The summed E-state index contributed by atoms with van der Waals surface area (Å²) in [6.07, 6.45) is 5.81. The molecule has 0 aliphatic carbocycles. The van der Waals surface area contributed by atoms with E-state index in [2.05, 4.69) is 29.1 Å². The standard InChI is InChI=1S/C23H31N5O3/c1-16(2)8-11-28-20-7-6-17(15-30-5)12-19(20)21(27-28)31-23(3,4)22(29)26-14-18-13-24-9-10-25-18/h6-7,9-10,12-13,16H,8,11,14-15H2,1-5H3,(H,26,29). The summed E-state index contributed by atoms with van der Waals surface area (Å²) in [4.78, 5) is 21.0. The number of amides is 1. The van der Waals surface area contributed by atoms with Crippen LogP contribution in [-0.4, -0.2) is 38.4 Å². The van der Waals surface area contributed by atoms with Gasteiger partial charge in [0, 0.05) is 26.0 Å². The van der Waals surface area contributed by atoms with Crippen molar-refractivity contribution in [2.75, 3.05) is 7.11 Å². The van der Waals surface area contributed by atoms with Crippen molar-refractivity contribution in [3.05, 3.63) is 48.0 Å². The van der Waals surface area contributed by atoms with Crippen molar-refractivity contribution >= 4 is 16.8 Å². The van der Waals surface area contributed by atoms with Crippen LogP contribution in [0.15, 0.2) is 36.8 Å². The Morgan fingerprint density at radius 3 is 2.74 bits per heavy atom. The minimum atomic E-state index is -1.12. The van der Waals surface area contributed by atoms with Gasteiger partial charge in [-0.05, 0) is 43.9 Å². The number of aryl methyl sites for hydroxylation is 1. The molecule has 0 saturated carbocycles. The van der Waals surface area contributed by atoms with E-state index in [-0.39, 0.29) is 12.5 Å². The molecule has 0 aliphatic rings. The number of nitrogens with zero attached hydrogens (tertiary/aromatic N) is 4. The highest BCUT2D eigenvalue weighted by Gasteiger charge is 2.32. The Morgan fingerprint density at radius 1 is 1.26 bits per heavy atom. The van der Waals surface area contributed by atoms with E-state index >= 15 is 0 Å². The van der Waals surface area contributed by atoms with Gasteiger partial charge in [0.25, 0.3) is 5.91 Å². The summed E-state index contributed by atoms with van der Waals surface area (Å²) in [5.74, 6) is 0.743. The van der Waals surface area contributed by atoms with Gasteiger partial charge in [0.15, 0.2) is 5.60 Å². The van der Waals surface area contributed by atoms with Crippen LogP contribution in [0.3, 0.4) is 0 Å². The molecule has 1 aromatic carbocycles. The minimum absolute atomic E-state index is 0.254. The van der Waals surface area contributed by atoms with Gasteiger partial charge in [-0.2, -0.15) is 0 Å². The fourth-order valence-corrected chi connectivity index (χ4v) is 3.17. The van der Waals surface area contributed by atoms with Gasteiger partial charge in [0.05, 0.1) is 35.9 Å². The van der Waals surface area contributed by atoms with Crippen molar-refractivity contribution in [3.8, 4) is 5.88 Å². The number of carbonyl (C=O) groups is 1. The van der Waals surface area contributed by atoms with Crippen molar-refractivity contribution < 1.29 is 14.3 Å². The lowest BCUT2D eigenvalue weighted by atomic mass is 10.1. The number of rotatable bonds is 10. The van der Waals surface area contributed by atoms with Gasteiger partial charge in [0.1, 0.15) is 0 Å². The van der Waals surface area contributed by atoms with Gasteiger partial charge in [0.2, 0.25) is 5.88 Å². The van der Waals surface area contributed by atoms with E-state index in [1.165, 1.54) is 0 Å². The van der Waals surface area contributed by atoms with E-state index in [0.717, 1.165) is 29.4 Å². The van der Waals surface area contributed by atoms with Gasteiger partial charge in [-0.25, -0.2) is 0 Å². The summed E-state index contributed by atoms with van der Waals surface area (Å²) in [6, 6.07) is 6.08. The van der Waals surface area contributed by atoms with Gasteiger partial charge < -0.3 is 14.8 Å². The average Bonchev–Trinajstić information content (AvgIpc) is 3.07. The van der Waals surface area contributed by atoms with E-state index in [1.54, 1.807) is 39.5 Å². The summed E-state index contributed by atoms with van der Waals surface area (Å²) >= 11 is 0. The number of hydrogen-bond donors (Lipinski definition) is 1. The number of methoxy groups -OCH3 is 1. The molecule has 0 aliphatic heterocycles. The van der Waals surface area contributed by atoms with Crippen LogP contribution in [0.4, 0.5) is 0 Å². The zero-order chi connectivity index (χ0) is 22.4. The average molecular weight is 426 g/mol. The van der Waals surface area contributed by atoms with E-state index in [1.807, 2.05) is 22.9 Å². The molecular formula is C23H31N5O3. The Balaban J connectivity index is 1.83. The zero-order valence-electron chi connectivity index (χ0n) is 18.9. The first-order chi connectivity index (χ1) is 14.8. The number of aromatic nitrogens is 4. The van der Waals surface area contributed by atoms with Crippen LogP contribution in [-0.2, 0) is 29.2 Å². The summed E-state index contributed by atoms with van der Waals surface area (Å²) in [5, 5.41) is 8.43. The molecule has 0 saturated heterocycles. The highest BCUT2D eigenvalue weighted by atomic mass is 16.5. The van der Waals surface area contributed by atoms with Gasteiger partial charge in [-0.15, -0.1) is 5.10 Å². The molecule has 31 heavy (non-hydrogen) atoms. The molecule has 3 aromatic rings. The van der Waals surface area contributed by atoms with Crippen LogP contribution < -0.4 is 10.1 Å². The third-order valence-corrected chi connectivity index (χ3v) is 4.96. The third-order valence-electron chi connectivity index (χ3n) is 4.96. The van der Waals surface area contributed by atoms with Crippen LogP contribution in [0, 0.1) is 5.92 Å². The zero-order valence-corrected chi connectivity index (χ0v) is 18.9. The maximum atomic E-state index is 12.8. The number of nitrogens with one attached hydrogen (secondary N) is 1. The minimum Gasteiger partial charge on any atom is -0.460 e. The number of hydrogen-bond acceptors (Lipinski definition) is 6. The molecule has 0 fully saturated rings. The van der Waals surface area contributed by atoms with Crippen molar-refractivity contribution in [2.45, 2.75) is 59.4 Å². The molecule has 0 unspecified atom stereocenters. The van der Waals surface area contributed by atoms with Gasteiger partial charge in [-0.1, -0.05) is 19.9 Å². The van der Waals surface area contributed by atoms with E-state index in [9.17, 15) is 4.79 Å².